The fraction of sp³-hybridized carbons (Fsp3) is 0.200. The van der Waals surface area contributed by atoms with E-state index in [1.165, 1.54) is 12.1 Å². The van der Waals surface area contributed by atoms with Crippen LogP contribution in [0, 0.1) is 5.82 Å². The summed E-state index contributed by atoms with van der Waals surface area (Å²) in [5, 5.41) is 2.60. The molecule has 0 aliphatic heterocycles. The van der Waals surface area contributed by atoms with Crippen LogP contribution in [0.1, 0.15) is 5.69 Å². The third kappa shape index (κ3) is 5.03. The molecule has 0 atom stereocenters. The molecular formula is C15H16FN3O3S. The van der Waals surface area contributed by atoms with Gasteiger partial charge in [-0.05, 0) is 36.4 Å². The largest absolute Gasteiger partial charge is 0.349 e. The molecule has 6 nitrogen and oxygen atoms in total. The second-order valence-electron chi connectivity index (χ2n) is 4.84. The van der Waals surface area contributed by atoms with Gasteiger partial charge in [-0.25, -0.2) is 12.8 Å². The van der Waals surface area contributed by atoms with Gasteiger partial charge in [0.15, 0.2) is 0 Å². The minimum Gasteiger partial charge on any atom is -0.349 e. The maximum absolute atomic E-state index is 13.0. The summed E-state index contributed by atoms with van der Waals surface area (Å²) in [5.41, 5.74) is 0.885. The molecule has 1 heterocycles. The number of amides is 1. The van der Waals surface area contributed by atoms with E-state index in [4.69, 9.17) is 0 Å². The zero-order valence-corrected chi connectivity index (χ0v) is 13.3. The average molecular weight is 337 g/mol. The molecule has 23 heavy (non-hydrogen) atoms. The van der Waals surface area contributed by atoms with Gasteiger partial charge in [-0.15, -0.1) is 0 Å². The Labute approximate surface area is 134 Å². The van der Waals surface area contributed by atoms with Crippen molar-refractivity contribution in [3.05, 3.63) is 60.2 Å². The summed E-state index contributed by atoms with van der Waals surface area (Å²) in [6.45, 7) is -0.196. The van der Waals surface area contributed by atoms with Crippen molar-refractivity contribution in [1.29, 1.82) is 0 Å². The van der Waals surface area contributed by atoms with Crippen molar-refractivity contribution in [3.8, 4) is 0 Å². The van der Waals surface area contributed by atoms with Gasteiger partial charge in [-0.2, -0.15) is 0 Å². The van der Waals surface area contributed by atoms with Gasteiger partial charge in [0, 0.05) is 6.20 Å². The highest BCUT2D eigenvalue weighted by Crippen LogP contribution is 2.17. The third-order valence-electron chi connectivity index (χ3n) is 2.99. The van der Waals surface area contributed by atoms with E-state index in [0.717, 1.165) is 22.7 Å². The molecule has 1 aromatic carbocycles. The summed E-state index contributed by atoms with van der Waals surface area (Å²) >= 11 is 0. The minimum atomic E-state index is -3.67. The highest BCUT2D eigenvalue weighted by Gasteiger charge is 2.20. The van der Waals surface area contributed by atoms with E-state index in [1.54, 1.807) is 24.4 Å². The quantitative estimate of drug-likeness (QED) is 0.862. The zero-order chi connectivity index (χ0) is 16.9. The van der Waals surface area contributed by atoms with Crippen molar-refractivity contribution in [2.75, 3.05) is 17.1 Å². The van der Waals surface area contributed by atoms with Crippen LogP contribution >= 0.6 is 0 Å². The van der Waals surface area contributed by atoms with Crippen LogP contribution in [0.4, 0.5) is 10.1 Å². The maximum Gasteiger partial charge on any atom is 0.241 e. The molecule has 0 radical (unpaired) electrons. The summed E-state index contributed by atoms with van der Waals surface area (Å²) < 4.78 is 37.6. The van der Waals surface area contributed by atoms with Crippen molar-refractivity contribution < 1.29 is 17.6 Å². The van der Waals surface area contributed by atoms with Gasteiger partial charge in [0.1, 0.15) is 12.4 Å². The van der Waals surface area contributed by atoms with Crippen molar-refractivity contribution >= 4 is 21.6 Å². The SMILES string of the molecule is CS(=O)(=O)N(CC(=O)NCc1ccccn1)c1ccc(F)cc1. The molecule has 0 aliphatic rings. The molecule has 0 saturated carbocycles. The van der Waals surface area contributed by atoms with Gasteiger partial charge in [-0.1, -0.05) is 6.07 Å². The normalized spacial score (nSPS) is 11.0. The molecule has 1 aromatic heterocycles. The Balaban J connectivity index is 2.06. The molecule has 122 valence electrons. The molecule has 1 amide bonds. The molecule has 0 unspecified atom stereocenters. The summed E-state index contributed by atoms with van der Waals surface area (Å²) in [5.74, 6) is -0.966. The Morgan fingerprint density at radius 2 is 1.91 bits per heavy atom. The number of nitrogens with zero attached hydrogens (tertiary/aromatic N) is 2. The first-order valence-electron chi connectivity index (χ1n) is 6.76. The predicted octanol–water partition coefficient (Wildman–Crippen LogP) is 1.30. The molecule has 2 aromatic rings. The van der Waals surface area contributed by atoms with Crippen molar-refractivity contribution in [3.63, 3.8) is 0 Å². The lowest BCUT2D eigenvalue weighted by molar-refractivity contribution is -0.119. The number of sulfonamides is 1. The molecule has 0 fully saturated rings. The fourth-order valence-corrected chi connectivity index (χ4v) is 2.74. The number of anilines is 1. The van der Waals surface area contributed by atoms with Crippen LogP contribution in [0.25, 0.3) is 0 Å². The van der Waals surface area contributed by atoms with Crippen LogP contribution in [0.3, 0.4) is 0 Å². The summed E-state index contributed by atoms with van der Waals surface area (Å²) in [6.07, 6.45) is 2.59. The van der Waals surface area contributed by atoms with Crippen LogP contribution in [-0.4, -0.2) is 32.1 Å². The number of carbonyl (C=O) groups excluding carboxylic acids is 1. The molecule has 0 saturated heterocycles. The number of carbonyl (C=O) groups is 1. The Kier molecular flexibility index (Phi) is 5.28. The Morgan fingerprint density at radius 1 is 1.22 bits per heavy atom. The number of benzene rings is 1. The van der Waals surface area contributed by atoms with Crippen molar-refractivity contribution in [1.82, 2.24) is 10.3 Å². The number of hydrogen-bond acceptors (Lipinski definition) is 4. The molecule has 0 bridgehead atoms. The van der Waals surface area contributed by atoms with Gasteiger partial charge in [0.2, 0.25) is 15.9 Å². The van der Waals surface area contributed by atoms with Crippen molar-refractivity contribution in [2.45, 2.75) is 6.54 Å². The molecule has 0 spiro atoms. The smallest absolute Gasteiger partial charge is 0.241 e. The lowest BCUT2D eigenvalue weighted by Gasteiger charge is -2.21. The number of pyridine rings is 1. The Bertz CT molecular complexity index is 764. The van der Waals surface area contributed by atoms with E-state index in [9.17, 15) is 17.6 Å². The van der Waals surface area contributed by atoms with E-state index < -0.39 is 28.3 Å². The molecule has 8 heteroatoms. The average Bonchev–Trinajstić information content (AvgIpc) is 2.52. The lowest BCUT2D eigenvalue weighted by atomic mass is 10.3. The zero-order valence-electron chi connectivity index (χ0n) is 12.4. The van der Waals surface area contributed by atoms with Gasteiger partial charge < -0.3 is 5.32 Å². The number of aromatic nitrogens is 1. The van der Waals surface area contributed by atoms with E-state index in [0.29, 0.717) is 5.69 Å². The summed E-state index contributed by atoms with van der Waals surface area (Å²) in [6, 6.07) is 10.2. The Morgan fingerprint density at radius 3 is 2.48 bits per heavy atom. The predicted molar refractivity (Wildman–Crippen MR) is 84.7 cm³/mol. The number of halogens is 1. The van der Waals surface area contributed by atoms with Crippen LogP contribution < -0.4 is 9.62 Å². The summed E-state index contributed by atoms with van der Waals surface area (Å²) in [4.78, 5) is 16.1. The van der Waals surface area contributed by atoms with Crippen molar-refractivity contribution in [2.24, 2.45) is 0 Å². The van der Waals surface area contributed by atoms with E-state index >= 15 is 0 Å². The Hall–Kier alpha value is -2.48. The molecule has 0 aliphatic carbocycles. The first kappa shape index (κ1) is 16.9. The second kappa shape index (κ2) is 7.19. The molecular weight excluding hydrogens is 321 g/mol. The monoisotopic (exact) mass is 337 g/mol. The fourth-order valence-electron chi connectivity index (χ4n) is 1.89. The number of nitrogens with one attached hydrogen (secondary N) is 1. The standard InChI is InChI=1S/C15H16FN3O3S/c1-23(21,22)19(14-7-5-12(16)6-8-14)11-15(20)18-10-13-4-2-3-9-17-13/h2-9H,10-11H2,1H3,(H,18,20). The van der Waals surface area contributed by atoms with Gasteiger partial charge in [0.25, 0.3) is 0 Å². The van der Waals surface area contributed by atoms with Crippen LogP contribution in [0.2, 0.25) is 0 Å². The highest BCUT2D eigenvalue weighted by molar-refractivity contribution is 7.92. The highest BCUT2D eigenvalue weighted by atomic mass is 32.2. The van der Waals surface area contributed by atoms with E-state index in [-0.39, 0.29) is 12.2 Å². The number of hydrogen-bond donors (Lipinski definition) is 1. The lowest BCUT2D eigenvalue weighted by Crippen LogP contribution is -2.40. The minimum absolute atomic E-state index is 0.195. The van der Waals surface area contributed by atoms with Crippen LogP contribution in [0.15, 0.2) is 48.7 Å². The number of rotatable bonds is 6. The van der Waals surface area contributed by atoms with Gasteiger partial charge >= 0.3 is 0 Å². The van der Waals surface area contributed by atoms with Crippen LogP contribution in [-0.2, 0) is 21.4 Å². The van der Waals surface area contributed by atoms with Gasteiger partial charge in [-0.3, -0.25) is 14.1 Å². The maximum atomic E-state index is 13.0. The van der Waals surface area contributed by atoms with E-state index in [2.05, 4.69) is 10.3 Å². The van der Waals surface area contributed by atoms with Gasteiger partial charge in [0.05, 0.1) is 24.2 Å². The second-order valence-corrected chi connectivity index (χ2v) is 6.75. The topological polar surface area (TPSA) is 79.4 Å². The third-order valence-corrected chi connectivity index (χ3v) is 4.14. The first-order chi connectivity index (χ1) is 10.9. The van der Waals surface area contributed by atoms with Crippen LogP contribution in [0.5, 0.6) is 0 Å². The van der Waals surface area contributed by atoms with E-state index in [1.807, 2.05) is 0 Å². The molecule has 1 N–H and O–H groups in total. The first-order valence-corrected chi connectivity index (χ1v) is 8.61. The molecule has 2 rings (SSSR count). The summed E-state index contributed by atoms with van der Waals surface area (Å²) in [7, 11) is -3.67.